The summed E-state index contributed by atoms with van der Waals surface area (Å²) < 4.78 is 5.05. The number of hydrogen-bond donors (Lipinski definition) is 0. The molecule has 0 radical (unpaired) electrons. The number of ether oxygens (including phenoxy) is 1. The zero-order valence-corrected chi connectivity index (χ0v) is 11.7. The normalized spacial score (nSPS) is 10.5. The Morgan fingerprint density at radius 3 is 2.81 bits per heavy atom. The third-order valence-electron chi connectivity index (χ3n) is 3.33. The van der Waals surface area contributed by atoms with Crippen molar-refractivity contribution < 1.29 is 9.53 Å². The van der Waals surface area contributed by atoms with Crippen molar-refractivity contribution in [2.45, 2.75) is 6.92 Å². The van der Waals surface area contributed by atoms with Gasteiger partial charge in [0.15, 0.2) is 0 Å². The standard InChI is InChI=1S/C18H15NO2/c1-2-21-18(20)14-7-5-6-13(12-14)15-10-11-19-17-9-4-3-8-16(15)17/h3-12H,2H2,1H3. The van der Waals surface area contributed by atoms with Crippen LogP contribution in [0.1, 0.15) is 17.3 Å². The van der Waals surface area contributed by atoms with Gasteiger partial charge in [-0.1, -0.05) is 30.3 Å². The quantitative estimate of drug-likeness (QED) is 0.677. The van der Waals surface area contributed by atoms with E-state index in [4.69, 9.17) is 4.74 Å². The first kappa shape index (κ1) is 13.3. The SMILES string of the molecule is CCOC(=O)c1cccc(-c2ccnc3ccccc23)c1. The fourth-order valence-electron chi connectivity index (χ4n) is 2.38. The van der Waals surface area contributed by atoms with Gasteiger partial charge in [-0.05, 0) is 42.3 Å². The topological polar surface area (TPSA) is 39.2 Å². The molecule has 3 aromatic rings. The minimum Gasteiger partial charge on any atom is -0.462 e. The summed E-state index contributed by atoms with van der Waals surface area (Å²) in [6, 6.07) is 17.4. The highest BCUT2D eigenvalue weighted by Crippen LogP contribution is 2.27. The minimum atomic E-state index is -0.294. The van der Waals surface area contributed by atoms with Gasteiger partial charge in [-0.2, -0.15) is 0 Å². The van der Waals surface area contributed by atoms with E-state index in [2.05, 4.69) is 4.98 Å². The highest BCUT2D eigenvalue weighted by Gasteiger charge is 2.09. The number of carbonyl (C=O) groups excluding carboxylic acids is 1. The molecule has 3 heteroatoms. The first-order valence-corrected chi connectivity index (χ1v) is 6.91. The van der Waals surface area contributed by atoms with Crippen LogP contribution in [0.5, 0.6) is 0 Å². The van der Waals surface area contributed by atoms with Gasteiger partial charge in [-0.3, -0.25) is 4.98 Å². The summed E-state index contributed by atoms with van der Waals surface area (Å²) in [5.41, 5.74) is 3.55. The number of carbonyl (C=O) groups is 1. The van der Waals surface area contributed by atoms with Crippen molar-refractivity contribution in [3.8, 4) is 11.1 Å². The second-order valence-electron chi connectivity index (χ2n) is 4.68. The molecule has 1 heterocycles. The lowest BCUT2D eigenvalue weighted by molar-refractivity contribution is 0.0526. The van der Waals surface area contributed by atoms with Crippen molar-refractivity contribution in [3.05, 3.63) is 66.4 Å². The largest absolute Gasteiger partial charge is 0.462 e. The predicted octanol–water partition coefficient (Wildman–Crippen LogP) is 4.08. The van der Waals surface area contributed by atoms with Gasteiger partial charge in [0, 0.05) is 11.6 Å². The molecule has 0 bridgehead atoms. The molecule has 0 N–H and O–H groups in total. The van der Waals surface area contributed by atoms with E-state index in [1.807, 2.05) is 48.5 Å². The van der Waals surface area contributed by atoms with Crippen LogP contribution in [0, 0.1) is 0 Å². The third kappa shape index (κ3) is 2.63. The highest BCUT2D eigenvalue weighted by molar-refractivity contribution is 5.96. The van der Waals surface area contributed by atoms with E-state index in [1.54, 1.807) is 19.2 Å². The highest BCUT2D eigenvalue weighted by atomic mass is 16.5. The maximum atomic E-state index is 11.9. The average Bonchev–Trinajstić information content (AvgIpc) is 2.55. The Labute approximate surface area is 123 Å². The van der Waals surface area contributed by atoms with Crippen LogP contribution in [-0.2, 0) is 4.74 Å². The number of pyridine rings is 1. The third-order valence-corrected chi connectivity index (χ3v) is 3.33. The molecule has 0 saturated carbocycles. The molecule has 2 aromatic carbocycles. The molecule has 0 spiro atoms. The predicted molar refractivity (Wildman–Crippen MR) is 83.1 cm³/mol. The maximum absolute atomic E-state index is 11.9. The van der Waals surface area contributed by atoms with Gasteiger partial charge in [-0.15, -0.1) is 0 Å². The van der Waals surface area contributed by atoms with E-state index in [9.17, 15) is 4.79 Å². The van der Waals surface area contributed by atoms with Crippen molar-refractivity contribution >= 4 is 16.9 Å². The monoisotopic (exact) mass is 277 g/mol. The van der Waals surface area contributed by atoms with Gasteiger partial charge in [-0.25, -0.2) is 4.79 Å². The molecule has 1 aromatic heterocycles. The van der Waals surface area contributed by atoms with Crippen LogP contribution in [0.15, 0.2) is 60.8 Å². The second-order valence-corrected chi connectivity index (χ2v) is 4.68. The molecule has 3 nitrogen and oxygen atoms in total. The van der Waals surface area contributed by atoms with E-state index >= 15 is 0 Å². The van der Waals surface area contributed by atoms with Gasteiger partial charge < -0.3 is 4.74 Å². The van der Waals surface area contributed by atoms with E-state index < -0.39 is 0 Å². The Balaban J connectivity index is 2.11. The minimum absolute atomic E-state index is 0.294. The smallest absolute Gasteiger partial charge is 0.338 e. The van der Waals surface area contributed by atoms with Gasteiger partial charge in [0.2, 0.25) is 0 Å². The Kier molecular flexibility index (Phi) is 3.65. The molecule has 0 unspecified atom stereocenters. The number of para-hydroxylation sites is 1. The van der Waals surface area contributed by atoms with Crippen LogP contribution in [0.25, 0.3) is 22.0 Å². The van der Waals surface area contributed by atoms with E-state index in [0.717, 1.165) is 22.0 Å². The summed E-state index contributed by atoms with van der Waals surface area (Å²) in [4.78, 5) is 16.2. The van der Waals surface area contributed by atoms with Crippen LogP contribution < -0.4 is 0 Å². The van der Waals surface area contributed by atoms with Crippen LogP contribution in [-0.4, -0.2) is 17.6 Å². The van der Waals surface area contributed by atoms with Crippen LogP contribution in [0.3, 0.4) is 0 Å². The Bertz CT molecular complexity index is 791. The Morgan fingerprint density at radius 2 is 1.95 bits per heavy atom. The summed E-state index contributed by atoms with van der Waals surface area (Å²) in [6.07, 6.45) is 1.79. The molecule has 0 amide bonds. The van der Waals surface area contributed by atoms with Crippen molar-refractivity contribution in [2.75, 3.05) is 6.61 Å². The Hall–Kier alpha value is -2.68. The molecule has 0 atom stereocenters. The number of fused-ring (bicyclic) bond motifs is 1. The van der Waals surface area contributed by atoms with Crippen molar-refractivity contribution in [3.63, 3.8) is 0 Å². The van der Waals surface area contributed by atoms with Gasteiger partial charge >= 0.3 is 5.97 Å². The van der Waals surface area contributed by atoms with Crippen LogP contribution >= 0.6 is 0 Å². The molecule has 0 aliphatic carbocycles. The van der Waals surface area contributed by atoms with Crippen molar-refractivity contribution in [1.29, 1.82) is 0 Å². The molecule has 3 rings (SSSR count). The van der Waals surface area contributed by atoms with Gasteiger partial charge in [0.1, 0.15) is 0 Å². The fourth-order valence-corrected chi connectivity index (χ4v) is 2.38. The molecular weight excluding hydrogens is 262 g/mol. The molecule has 0 saturated heterocycles. The summed E-state index contributed by atoms with van der Waals surface area (Å²) in [7, 11) is 0. The van der Waals surface area contributed by atoms with E-state index in [-0.39, 0.29) is 5.97 Å². The van der Waals surface area contributed by atoms with E-state index in [0.29, 0.717) is 12.2 Å². The maximum Gasteiger partial charge on any atom is 0.338 e. The zero-order valence-electron chi connectivity index (χ0n) is 11.7. The number of rotatable bonds is 3. The molecule has 0 aliphatic heterocycles. The summed E-state index contributed by atoms with van der Waals surface area (Å²) in [6.45, 7) is 2.18. The molecule has 0 aliphatic rings. The lowest BCUT2D eigenvalue weighted by Gasteiger charge is -2.08. The number of aromatic nitrogens is 1. The van der Waals surface area contributed by atoms with E-state index in [1.165, 1.54) is 0 Å². The van der Waals surface area contributed by atoms with Gasteiger partial charge in [0.25, 0.3) is 0 Å². The van der Waals surface area contributed by atoms with Crippen LogP contribution in [0.2, 0.25) is 0 Å². The zero-order chi connectivity index (χ0) is 14.7. The molecule has 0 fully saturated rings. The Morgan fingerprint density at radius 1 is 1.10 bits per heavy atom. The first-order valence-electron chi connectivity index (χ1n) is 6.91. The summed E-state index contributed by atoms with van der Waals surface area (Å²) in [5, 5.41) is 1.07. The summed E-state index contributed by atoms with van der Waals surface area (Å²) in [5.74, 6) is -0.294. The van der Waals surface area contributed by atoms with Crippen LogP contribution in [0.4, 0.5) is 0 Å². The van der Waals surface area contributed by atoms with Crippen molar-refractivity contribution in [2.24, 2.45) is 0 Å². The fraction of sp³-hybridized carbons (Fsp3) is 0.111. The lowest BCUT2D eigenvalue weighted by atomic mass is 10.00. The lowest BCUT2D eigenvalue weighted by Crippen LogP contribution is -2.04. The molecular formula is C18H15NO2. The van der Waals surface area contributed by atoms with Crippen molar-refractivity contribution in [1.82, 2.24) is 4.98 Å². The number of nitrogens with zero attached hydrogens (tertiary/aromatic N) is 1. The second kappa shape index (κ2) is 5.75. The molecule has 21 heavy (non-hydrogen) atoms. The number of hydrogen-bond acceptors (Lipinski definition) is 3. The first-order chi connectivity index (χ1) is 10.3. The average molecular weight is 277 g/mol. The number of esters is 1. The van der Waals surface area contributed by atoms with Gasteiger partial charge in [0.05, 0.1) is 17.7 Å². The molecule has 104 valence electrons. The summed E-state index contributed by atoms with van der Waals surface area (Å²) >= 11 is 0. The number of benzene rings is 2.